The van der Waals surface area contributed by atoms with Crippen molar-refractivity contribution in [1.82, 2.24) is 10.2 Å². The first-order chi connectivity index (χ1) is 12.5. The summed E-state index contributed by atoms with van der Waals surface area (Å²) in [5, 5.41) is 15.6. The molecule has 2 aromatic rings. The van der Waals surface area contributed by atoms with E-state index in [1.807, 2.05) is 11.4 Å². The molecule has 0 spiro atoms. The third-order valence-corrected chi connectivity index (χ3v) is 5.36. The minimum atomic E-state index is -0.447. The molecule has 0 aliphatic carbocycles. The van der Waals surface area contributed by atoms with E-state index in [2.05, 4.69) is 17.3 Å². The van der Waals surface area contributed by atoms with E-state index < -0.39 is 4.92 Å². The maximum atomic E-state index is 12.4. The average molecular weight is 375 g/mol. The van der Waals surface area contributed by atoms with Gasteiger partial charge in [-0.15, -0.1) is 11.3 Å². The summed E-state index contributed by atoms with van der Waals surface area (Å²) in [6.45, 7) is 2.32. The molecule has 1 aromatic heterocycles. The monoisotopic (exact) mass is 375 g/mol. The first kappa shape index (κ1) is 18.3. The van der Waals surface area contributed by atoms with Crippen molar-refractivity contribution in [3.05, 3.63) is 56.3 Å². The number of benzene rings is 1. The van der Waals surface area contributed by atoms with Crippen LogP contribution in [0.5, 0.6) is 5.75 Å². The van der Waals surface area contributed by atoms with Crippen LogP contribution in [0, 0.1) is 10.1 Å². The molecule has 3 rings (SSSR count). The molecule has 1 fully saturated rings. The van der Waals surface area contributed by atoms with Crippen molar-refractivity contribution >= 4 is 22.9 Å². The SMILES string of the molecule is CN1CCC(NC(=O)c2cc(COc3ccc([N+](=O)[O-])cc3)cs2)CC1. The van der Waals surface area contributed by atoms with Crippen LogP contribution in [0.25, 0.3) is 0 Å². The highest BCUT2D eigenvalue weighted by Crippen LogP contribution is 2.21. The van der Waals surface area contributed by atoms with E-state index in [0.717, 1.165) is 31.5 Å². The number of hydrogen-bond acceptors (Lipinski definition) is 6. The Morgan fingerprint density at radius 3 is 2.69 bits per heavy atom. The van der Waals surface area contributed by atoms with Gasteiger partial charge in [-0.1, -0.05) is 0 Å². The van der Waals surface area contributed by atoms with Crippen molar-refractivity contribution < 1.29 is 14.5 Å². The Hall–Kier alpha value is -2.45. The number of piperidine rings is 1. The summed E-state index contributed by atoms with van der Waals surface area (Å²) in [7, 11) is 2.09. The predicted octanol–water partition coefficient (Wildman–Crippen LogP) is 3.06. The summed E-state index contributed by atoms with van der Waals surface area (Å²) in [6, 6.07) is 8.02. The Morgan fingerprint density at radius 1 is 1.35 bits per heavy atom. The number of nitro groups is 1. The number of carbonyl (C=O) groups is 1. The molecular formula is C18H21N3O4S. The molecular weight excluding hydrogens is 354 g/mol. The zero-order valence-corrected chi connectivity index (χ0v) is 15.3. The topological polar surface area (TPSA) is 84.7 Å². The second-order valence-corrected chi connectivity index (χ2v) is 7.32. The van der Waals surface area contributed by atoms with Crippen molar-refractivity contribution in [3.63, 3.8) is 0 Å². The maximum absolute atomic E-state index is 12.4. The second kappa shape index (κ2) is 8.29. The summed E-state index contributed by atoms with van der Waals surface area (Å²) >= 11 is 1.40. The zero-order chi connectivity index (χ0) is 18.5. The Kier molecular flexibility index (Phi) is 5.85. The van der Waals surface area contributed by atoms with Crippen LogP contribution in [0.4, 0.5) is 5.69 Å². The molecule has 1 saturated heterocycles. The van der Waals surface area contributed by atoms with Gasteiger partial charge in [-0.2, -0.15) is 0 Å². The van der Waals surface area contributed by atoms with Crippen molar-refractivity contribution in [2.24, 2.45) is 0 Å². The van der Waals surface area contributed by atoms with E-state index >= 15 is 0 Å². The number of likely N-dealkylation sites (tertiary alicyclic amines) is 1. The van der Waals surface area contributed by atoms with Crippen LogP contribution in [-0.4, -0.2) is 41.9 Å². The minimum absolute atomic E-state index is 0.0285. The van der Waals surface area contributed by atoms with Gasteiger partial charge >= 0.3 is 0 Å². The second-order valence-electron chi connectivity index (χ2n) is 6.41. The Bertz CT molecular complexity index is 767. The van der Waals surface area contributed by atoms with Gasteiger partial charge in [0.1, 0.15) is 12.4 Å². The van der Waals surface area contributed by atoms with Gasteiger partial charge in [0.25, 0.3) is 11.6 Å². The number of nitrogens with zero attached hydrogens (tertiary/aromatic N) is 2. The highest BCUT2D eigenvalue weighted by atomic mass is 32.1. The maximum Gasteiger partial charge on any atom is 0.269 e. The van der Waals surface area contributed by atoms with Gasteiger partial charge in [-0.05, 0) is 56.6 Å². The molecule has 2 heterocycles. The molecule has 0 bridgehead atoms. The molecule has 1 aliphatic heterocycles. The third-order valence-electron chi connectivity index (χ3n) is 4.38. The number of amides is 1. The summed E-state index contributed by atoms with van der Waals surface area (Å²) in [6.07, 6.45) is 1.95. The van der Waals surface area contributed by atoms with Crippen LogP contribution in [0.2, 0.25) is 0 Å². The molecule has 0 saturated carbocycles. The van der Waals surface area contributed by atoms with Crippen LogP contribution in [0.15, 0.2) is 35.7 Å². The van der Waals surface area contributed by atoms with Crippen molar-refractivity contribution in [1.29, 1.82) is 0 Å². The smallest absolute Gasteiger partial charge is 0.269 e. The summed E-state index contributed by atoms with van der Waals surface area (Å²) in [5.74, 6) is 0.519. The first-order valence-electron chi connectivity index (χ1n) is 8.45. The number of hydrogen-bond donors (Lipinski definition) is 1. The van der Waals surface area contributed by atoms with Gasteiger partial charge in [-0.25, -0.2) is 0 Å². The minimum Gasteiger partial charge on any atom is -0.489 e. The fourth-order valence-corrected chi connectivity index (χ4v) is 3.61. The Morgan fingerprint density at radius 2 is 2.04 bits per heavy atom. The van der Waals surface area contributed by atoms with E-state index in [1.54, 1.807) is 12.1 Å². The highest BCUT2D eigenvalue weighted by Gasteiger charge is 2.20. The Balaban J connectivity index is 1.51. The molecule has 1 aliphatic rings. The fourth-order valence-electron chi connectivity index (χ4n) is 2.81. The van der Waals surface area contributed by atoms with Crippen LogP contribution >= 0.6 is 11.3 Å². The molecule has 1 amide bonds. The Labute approximate surface area is 155 Å². The van der Waals surface area contributed by atoms with E-state index in [9.17, 15) is 14.9 Å². The largest absolute Gasteiger partial charge is 0.489 e. The molecule has 0 radical (unpaired) electrons. The van der Waals surface area contributed by atoms with E-state index in [4.69, 9.17) is 4.74 Å². The number of ether oxygens (including phenoxy) is 1. The van der Waals surface area contributed by atoms with Crippen LogP contribution < -0.4 is 10.1 Å². The molecule has 0 atom stereocenters. The predicted molar refractivity (Wildman–Crippen MR) is 99.7 cm³/mol. The van der Waals surface area contributed by atoms with Gasteiger partial charge in [0.05, 0.1) is 9.80 Å². The van der Waals surface area contributed by atoms with E-state index in [0.29, 0.717) is 17.2 Å². The van der Waals surface area contributed by atoms with Crippen LogP contribution in [-0.2, 0) is 6.61 Å². The zero-order valence-electron chi connectivity index (χ0n) is 14.5. The van der Waals surface area contributed by atoms with E-state index in [1.165, 1.54) is 23.5 Å². The van der Waals surface area contributed by atoms with Crippen molar-refractivity contribution in [2.45, 2.75) is 25.5 Å². The molecule has 1 aromatic carbocycles. The van der Waals surface area contributed by atoms with Gasteiger partial charge in [0, 0.05) is 23.7 Å². The molecule has 7 nitrogen and oxygen atoms in total. The van der Waals surface area contributed by atoms with Gasteiger partial charge in [-0.3, -0.25) is 14.9 Å². The quantitative estimate of drug-likeness (QED) is 0.620. The average Bonchev–Trinajstić information content (AvgIpc) is 3.11. The van der Waals surface area contributed by atoms with E-state index in [-0.39, 0.29) is 17.6 Å². The lowest BCUT2D eigenvalue weighted by Gasteiger charge is -2.29. The lowest BCUT2D eigenvalue weighted by molar-refractivity contribution is -0.384. The van der Waals surface area contributed by atoms with Crippen LogP contribution in [0.3, 0.4) is 0 Å². The molecule has 8 heteroatoms. The molecule has 26 heavy (non-hydrogen) atoms. The summed E-state index contributed by atoms with van der Waals surface area (Å²) in [4.78, 5) is 25.5. The van der Waals surface area contributed by atoms with Gasteiger partial charge < -0.3 is 15.0 Å². The lowest BCUT2D eigenvalue weighted by Crippen LogP contribution is -2.43. The third kappa shape index (κ3) is 4.80. The molecule has 138 valence electrons. The molecule has 0 unspecified atom stereocenters. The molecule has 1 N–H and O–H groups in total. The normalized spacial score (nSPS) is 15.6. The number of thiophene rings is 1. The fraction of sp³-hybridized carbons (Fsp3) is 0.389. The van der Waals surface area contributed by atoms with Crippen molar-refractivity contribution in [3.8, 4) is 5.75 Å². The number of nitro benzene ring substituents is 1. The number of non-ortho nitro benzene ring substituents is 1. The number of nitrogens with one attached hydrogen (secondary N) is 1. The highest BCUT2D eigenvalue weighted by molar-refractivity contribution is 7.12. The lowest BCUT2D eigenvalue weighted by atomic mass is 10.1. The van der Waals surface area contributed by atoms with Crippen LogP contribution in [0.1, 0.15) is 28.1 Å². The van der Waals surface area contributed by atoms with Gasteiger partial charge in [0.15, 0.2) is 0 Å². The first-order valence-corrected chi connectivity index (χ1v) is 9.33. The van der Waals surface area contributed by atoms with Crippen molar-refractivity contribution in [2.75, 3.05) is 20.1 Å². The number of rotatable bonds is 6. The number of carbonyl (C=O) groups excluding carboxylic acids is 1. The summed E-state index contributed by atoms with van der Waals surface area (Å²) in [5.41, 5.74) is 0.933. The summed E-state index contributed by atoms with van der Waals surface area (Å²) < 4.78 is 5.63. The standard InChI is InChI=1S/C18H21N3O4S/c1-20-8-6-14(7-9-20)19-18(22)17-10-13(12-26-17)11-25-16-4-2-15(3-5-16)21(23)24/h2-5,10,12,14H,6-9,11H2,1H3,(H,19,22). The van der Waals surface area contributed by atoms with Gasteiger partial charge in [0.2, 0.25) is 0 Å².